The summed E-state index contributed by atoms with van der Waals surface area (Å²) in [6, 6.07) is 8.18. The molecule has 0 bridgehead atoms. The van der Waals surface area contributed by atoms with Crippen molar-refractivity contribution in [1.82, 2.24) is 10.5 Å². The van der Waals surface area contributed by atoms with Crippen LogP contribution in [0.4, 0.5) is 0 Å². The van der Waals surface area contributed by atoms with Gasteiger partial charge >= 0.3 is 0 Å². The number of aryl methyl sites for hydroxylation is 2. The van der Waals surface area contributed by atoms with Gasteiger partial charge in [0.05, 0.1) is 11.3 Å². The Morgan fingerprint density at radius 3 is 2.76 bits per heavy atom. The molecule has 1 aromatic heterocycles. The maximum atomic E-state index is 5.85. The van der Waals surface area contributed by atoms with Crippen molar-refractivity contribution in [2.24, 2.45) is 5.92 Å². The molecule has 0 aliphatic carbocycles. The van der Waals surface area contributed by atoms with E-state index >= 15 is 0 Å². The predicted molar refractivity (Wildman–Crippen MR) is 83.3 cm³/mol. The molecule has 0 spiro atoms. The maximum Gasteiger partial charge on any atom is 0.140 e. The Morgan fingerprint density at radius 2 is 2.10 bits per heavy atom. The first-order chi connectivity index (χ1) is 10.1. The van der Waals surface area contributed by atoms with Crippen LogP contribution >= 0.6 is 0 Å². The molecule has 0 aliphatic heterocycles. The highest BCUT2D eigenvalue weighted by Gasteiger charge is 2.09. The van der Waals surface area contributed by atoms with Crippen molar-refractivity contribution in [1.29, 1.82) is 0 Å². The van der Waals surface area contributed by atoms with Gasteiger partial charge in [-0.2, -0.15) is 0 Å². The van der Waals surface area contributed by atoms with Crippen molar-refractivity contribution in [3.63, 3.8) is 0 Å². The zero-order valence-corrected chi connectivity index (χ0v) is 13.3. The number of hydrogen-bond donors (Lipinski definition) is 1. The van der Waals surface area contributed by atoms with Gasteiger partial charge in [0.2, 0.25) is 0 Å². The average molecular weight is 288 g/mol. The summed E-state index contributed by atoms with van der Waals surface area (Å²) in [5.74, 6) is 2.35. The number of aromatic nitrogens is 1. The molecule has 0 saturated heterocycles. The predicted octanol–water partition coefficient (Wildman–Crippen LogP) is 3.62. The molecule has 0 saturated carbocycles. The Kier molecular flexibility index (Phi) is 5.39. The second-order valence-corrected chi connectivity index (χ2v) is 5.76. The molecule has 0 atom stereocenters. The zero-order valence-electron chi connectivity index (χ0n) is 13.3. The fourth-order valence-corrected chi connectivity index (χ4v) is 2.11. The second-order valence-electron chi connectivity index (χ2n) is 5.76. The van der Waals surface area contributed by atoms with Crippen LogP contribution in [0.25, 0.3) is 0 Å². The van der Waals surface area contributed by atoms with Gasteiger partial charge in [-0.05, 0) is 44.0 Å². The van der Waals surface area contributed by atoms with Crippen molar-refractivity contribution in [3.8, 4) is 5.75 Å². The van der Waals surface area contributed by atoms with Gasteiger partial charge < -0.3 is 14.6 Å². The van der Waals surface area contributed by atoms with E-state index in [4.69, 9.17) is 9.26 Å². The highest BCUT2D eigenvalue weighted by molar-refractivity contribution is 5.29. The Bertz CT molecular complexity index is 556. The Morgan fingerprint density at radius 1 is 1.29 bits per heavy atom. The molecule has 1 N–H and O–H groups in total. The van der Waals surface area contributed by atoms with E-state index in [1.165, 1.54) is 5.56 Å². The minimum atomic E-state index is 0.490. The molecule has 0 fully saturated rings. The summed E-state index contributed by atoms with van der Waals surface area (Å²) in [4.78, 5) is 0. The van der Waals surface area contributed by atoms with Gasteiger partial charge in [-0.3, -0.25) is 0 Å². The molecule has 2 rings (SSSR count). The largest absolute Gasteiger partial charge is 0.489 e. The minimum Gasteiger partial charge on any atom is -0.489 e. The van der Waals surface area contributed by atoms with Crippen molar-refractivity contribution in [2.45, 2.75) is 40.8 Å². The minimum absolute atomic E-state index is 0.490. The molecule has 114 valence electrons. The summed E-state index contributed by atoms with van der Waals surface area (Å²) in [6.45, 7) is 10.6. The third kappa shape index (κ3) is 4.60. The molecular weight excluding hydrogens is 264 g/mol. The smallest absolute Gasteiger partial charge is 0.140 e. The average Bonchev–Trinajstić information content (AvgIpc) is 2.76. The lowest BCUT2D eigenvalue weighted by molar-refractivity contribution is 0.301. The summed E-state index contributed by atoms with van der Waals surface area (Å²) in [6.07, 6.45) is 0. The first-order valence-corrected chi connectivity index (χ1v) is 7.40. The van der Waals surface area contributed by atoms with E-state index in [1.54, 1.807) is 0 Å². The summed E-state index contributed by atoms with van der Waals surface area (Å²) < 4.78 is 11.0. The third-order valence-electron chi connectivity index (χ3n) is 3.34. The molecule has 0 radical (unpaired) electrons. The fraction of sp³-hybridized carbons (Fsp3) is 0.471. The molecule has 4 heteroatoms. The lowest BCUT2D eigenvalue weighted by Crippen LogP contribution is -2.18. The number of ether oxygens (including phenoxy) is 1. The normalized spacial score (nSPS) is 11.1. The van der Waals surface area contributed by atoms with E-state index in [2.05, 4.69) is 36.5 Å². The highest BCUT2D eigenvalue weighted by atomic mass is 16.5. The van der Waals surface area contributed by atoms with Crippen molar-refractivity contribution in [2.75, 3.05) is 6.54 Å². The van der Waals surface area contributed by atoms with Crippen LogP contribution in [0.2, 0.25) is 0 Å². The van der Waals surface area contributed by atoms with Crippen LogP contribution in [-0.2, 0) is 13.2 Å². The first kappa shape index (κ1) is 15.6. The standard InChI is InChI=1S/C17H24N2O2/c1-12(2)9-18-10-15-6-5-7-16(8-15)20-11-17-13(3)19-21-14(17)4/h5-8,12,18H,9-11H2,1-4H3. The van der Waals surface area contributed by atoms with Gasteiger partial charge in [-0.1, -0.05) is 31.1 Å². The van der Waals surface area contributed by atoms with Crippen molar-refractivity contribution < 1.29 is 9.26 Å². The summed E-state index contributed by atoms with van der Waals surface area (Å²) >= 11 is 0. The zero-order chi connectivity index (χ0) is 15.2. The third-order valence-corrected chi connectivity index (χ3v) is 3.34. The van der Waals surface area contributed by atoms with Crippen LogP contribution in [-0.4, -0.2) is 11.7 Å². The van der Waals surface area contributed by atoms with Crippen LogP contribution in [0, 0.1) is 19.8 Å². The summed E-state index contributed by atoms with van der Waals surface area (Å²) in [7, 11) is 0. The summed E-state index contributed by atoms with van der Waals surface area (Å²) in [5.41, 5.74) is 3.15. The maximum absolute atomic E-state index is 5.85. The molecular formula is C17H24N2O2. The van der Waals surface area contributed by atoms with Crippen molar-refractivity contribution in [3.05, 3.63) is 46.8 Å². The van der Waals surface area contributed by atoms with Crippen LogP contribution in [0.1, 0.15) is 36.4 Å². The number of nitrogens with one attached hydrogen (secondary N) is 1. The van der Waals surface area contributed by atoms with E-state index in [1.807, 2.05) is 26.0 Å². The molecule has 21 heavy (non-hydrogen) atoms. The van der Waals surface area contributed by atoms with Gasteiger partial charge in [0.25, 0.3) is 0 Å². The van der Waals surface area contributed by atoms with Crippen molar-refractivity contribution >= 4 is 0 Å². The molecule has 0 amide bonds. The van der Waals surface area contributed by atoms with Gasteiger partial charge in [0, 0.05) is 6.54 Å². The highest BCUT2D eigenvalue weighted by Crippen LogP contribution is 2.18. The van der Waals surface area contributed by atoms with E-state index in [-0.39, 0.29) is 0 Å². The van der Waals surface area contributed by atoms with E-state index in [0.717, 1.165) is 35.9 Å². The molecule has 2 aromatic rings. The molecule has 0 unspecified atom stereocenters. The Hall–Kier alpha value is -1.81. The van der Waals surface area contributed by atoms with Gasteiger partial charge in [0.15, 0.2) is 0 Å². The van der Waals surface area contributed by atoms with Gasteiger partial charge in [-0.25, -0.2) is 0 Å². The molecule has 4 nitrogen and oxygen atoms in total. The number of hydrogen-bond acceptors (Lipinski definition) is 4. The Labute approximate surface area is 126 Å². The monoisotopic (exact) mass is 288 g/mol. The van der Waals surface area contributed by atoms with Gasteiger partial charge in [-0.15, -0.1) is 0 Å². The van der Waals surface area contributed by atoms with Crippen LogP contribution in [0.5, 0.6) is 5.75 Å². The van der Waals surface area contributed by atoms with E-state index in [0.29, 0.717) is 12.5 Å². The van der Waals surface area contributed by atoms with Gasteiger partial charge in [0.1, 0.15) is 18.1 Å². The van der Waals surface area contributed by atoms with Crippen LogP contribution in [0.15, 0.2) is 28.8 Å². The van der Waals surface area contributed by atoms with Crippen LogP contribution in [0.3, 0.4) is 0 Å². The second kappa shape index (κ2) is 7.27. The lowest BCUT2D eigenvalue weighted by atomic mass is 10.2. The van der Waals surface area contributed by atoms with E-state index in [9.17, 15) is 0 Å². The Balaban J connectivity index is 1.92. The fourth-order valence-electron chi connectivity index (χ4n) is 2.11. The number of nitrogens with zero attached hydrogens (tertiary/aromatic N) is 1. The molecule has 1 heterocycles. The van der Waals surface area contributed by atoms with Crippen LogP contribution < -0.4 is 10.1 Å². The quantitative estimate of drug-likeness (QED) is 0.845. The number of benzene rings is 1. The molecule has 1 aromatic carbocycles. The SMILES string of the molecule is Cc1noc(C)c1COc1cccc(CNCC(C)C)c1. The van der Waals surface area contributed by atoms with E-state index < -0.39 is 0 Å². The topological polar surface area (TPSA) is 47.3 Å². The first-order valence-electron chi connectivity index (χ1n) is 7.40. The number of rotatable bonds is 7. The summed E-state index contributed by atoms with van der Waals surface area (Å²) in [5, 5.41) is 7.37. The molecule has 0 aliphatic rings. The lowest BCUT2D eigenvalue weighted by Gasteiger charge is -2.10.